The largest absolute Gasteiger partial charge is 0.370 e. The van der Waals surface area contributed by atoms with Crippen LogP contribution in [-0.4, -0.2) is 44.3 Å². The van der Waals surface area contributed by atoms with Crippen molar-refractivity contribution in [1.29, 1.82) is 0 Å². The van der Waals surface area contributed by atoms with Crippen LogP contribution in [0.1, 0.15) is 6.42 Å². The zero-order valence-electron chi connectivity index (χ0n) is 14.6. The topological polar surface area (TPSA) is 78.5 Å². The Hall–Kier alpha value is -2.52. The lowest BCUT2D eigenvalue weighted by molar-refractivity contribution is -0.124. The van der Waals surface area contributed by atoms with Crippen LogP contribution in [0.15, 0.2) is 53.4 Å². The van der Waals surface area contributed by atoms with Gasteiger partial charge in [-0.05, 0) is 42.8 Å². The highest BCUT2D eigenvalue weighted by molar-refractivity contribution is 7.89. The molecule has 2 aromatic carbocycles. The van der Waals surface area contributed by atoms with E-state index in [2.05, 4.69) is 10.6 Å². The molecule has 1 fully saturated rings. The number of sulfonamides is 1. The average Bonchev–Trinajstić information content (AvgIpc) is 3.07. The van der Waals surface area contributed by atoms with Crippen LogP contribution in [0, 0.1) is 11.6 Å². The summed E-state index contributed by atoms with van der Waals surface area (Å²) in [5.74, 6) is -1.55. The third kappa shape index (κ3) is 3.79. The molecule has 0 aromatic heterocycles. The number of carbonyl (C=O) groups is 1. The molecular formula is C18H19F2N3O3S. The highest BCUT2D eigenvalue weighted by Crippen LogP contribution is 2.31. The Morgan fingerprint density at radius 1 is 1.11 bits per heavy atom. The molecule has 1 atom stereocenters. The maximum Gasteiger partial charge on any atom is 0.246 e. The number of hydrogen-bond donors (Lipinski definition) is 2. The van der Waals surface area contributed by atoms with Gasteiger partial charge in [0.05, 0.1) is 4.90 Å². The van der Waals surface area contributed by atoms with E-state index in [0.29, 0.717) is 5.69 Å². The fourth-order valence-electron chi connectivity index (χ4n) is 3.18. The van der Waals surface area contributed by atoms with Crippen molar-refractivity contribution in [2.24, 2.45) is 0 Å². The third-order valence-corrected chi connectivity index (χ3v) is 6.38. The van der Waals surface area contributed by atoms with Gasteiger partial charge in [0.25, 0.3) is 0 Å². The fraction of sp³-hybridized carbons (Fsp3) is 0.278. The second kappa shape index (κ2) is 7.24. The highest BCUT2D eigenvalue weighted by Gasteiger charge is 2.48. The third-order valence-electron chi connectivity index (χ3n) is 4.54. The Balaban J connectivity index is 1.91. The smallest absolute Gasteiger partial charge is 0.246 e. The summed E-state index contributed by atoms with van der Waals surface area (Å²) in [5.41, 5.74) is -0.897. The van der Waals surface area contributed by atoms with Gasteiger partial charge in [-0.2, -0.15) is 4.31 Å². The number of anilines is 1. The molecule has 0 aliphatic carbocycles. The molecule has 3 rings (SSSR count). The second-order valence-electron chi connectivity index (χ2n) is 6.34. The molecule has 0 spiro atoms. The van der Waals surface area contributed by atoms with Crippen LogP contribution in [0.4, 0.5) is 14.5 Å². The van der Waals surface area contributed by atoms with Crippen LogP contribution in [-0.2, 0) is 14.8 Å². The van der Waals surface area contributed by atoms with E-state index in [4.69, 9.17) is 0 Å². The molecule has 1 aliphatic heterocycles. The minimum atomic E-state index is -3.98. The first-order valence-corrected chi connectivity index (χ1v) is 9.72. The van der Waals surface area contributed by atoms with Crippen molar-refractivity contribution in [3.8, 4) is 0 Å². The summed E-state index contributed by atoms with van der Waals surface area (Å²) in [4.78, 5) is 12.4. The van der Waals surface area contributed by atoms with E-state index in [-0.39, 0.29) is 24.4 Å². The van der Waals surface area contributed by atoms with Gasteiger partial charge in [-0.3, -0.25) is 4.79 Å². The van der Waals surface area contributed by atoms with E-state index in [1.54, 1.807) is 6.07 Å². The van der Waals surface area contributed by atoms with Crippen molar-refractivity contribution in [2.75, 3.05) is 25.5 Å². The molecule has 27 heavy (non-hydrogen) atoms. The standard InChI is InChI=1S/C18H19F2N3O3S/c1-21-17(24)18(22-15-6-2-4-13(19)10-15)8-9-23(12-18)27(25,26)16-7-3-5-14(20)11-16/h2-7,10-11,22H,8-9,12H2,1H3,(H,21,24). The molecule has 144 valence electrons. The Bertz CT molecular complexity index is 968. The molecule has 9 heteroatoms. The van der Waals surface area contributed by atoms with Crippen molar-refractivity contribution >= 4 is 21.6 Å². The van der Waals surface area contributed by atoms with Crippen molar-refractivity contribution in [2.45, 2.75) is 16.9 Å². The van der Waals surface area contributed by atoms with Crippen LogP contribution < -0.4 is 10.6 Å². The zero-order chi connectivity index (χ0) is 19.7. The molecule has 0 saturated carbocycles. The molecule has 6 nitrogen and oxygen atoms in total. The van der Waals surface area contributed by atoms with Gasteiger partial charge in [0.2, 0.25) is 15.9 Å². The van der Waals surface area contributed by atoms with Crippen LogP contribution >= 0.6 is 0 Å². The van der Waals surface area contributed by atoms with Crippen molar-refractivity contribution in [1.82, 2.24) is 9.62 Å². The highest BCUT2D eigenvalue weighted by atomic mass is 32.2. The number of rotatable bonds is 5. The zero-order valence-corrected chi connectivity index (χ0v) is 15.4. The minimum absolute atomic E-state index is 0.0641. The van der Waals surface area contributed by atoms with Gasteiger partial charge in [-0.25, -0.2) is 17.2 Å². The molecule has 0 radical (unpaired) electrons. The molecular weight excluding hydrogens is 376 g/mol. The minimum Gasteiger partial charge on any atom is -0.370 e. The van der Waals surface area contributed by atoms with Crippen LogP contribution in [0.25, 0.3) is 0 Å². The Morgan fingerprint density at radius 2 is 1.78 bits per heavy atom. The summed E-state index contributed by atoms with van der Waals surface area (Å²) >= 11 is 0. The summed E-state index contributed by atoms with van der Waals surface area (Å²) < 4.78 is 53.7. The van der Waals surface area contributed by atoms with E-state index >= 15 is 0 Å². The summed E-state index contributed by atoms with van der Waals surface area (Å²) in [6.45, 7) is -0.101. The Labute approximate surface area is 156 Å². The van der Waals surface area contributed by atoms with E-state index in [9.17, 15) is 22.0 Å². The lowest BCUT2D eigenvalue weighted by atomic mass is 9.97. The number of benzene rings is 2. The van der Waals surface area contributed by atoms with E-state index < -0.39 is 33.1 Å². The monoisotopic (exact) mass is 395 g/mol. The lowest BCUT2D eigenvalue weighted by Crippen LogP contribution is -2.54. The normalized spacial score (nSPS) is 20.4. The second-order valence-corrected chi connectivity index (χ2v) is 8.28. The number of likely N-dealkylation sites (N-methyl/N-ethyl adjacent to an activating group) is 1. The molecule has 0 bridgehead atoms. The summed E-state index contributed by atoms with van der Waals surface area (Å²) in [7, 11) is -2.53. The molecule has 1 saturated heterocycles. The molecule has 1 heterocycles. The maximum absolute atomic E-state index is 13.5. The number of nitrogens with one attached hydrogen (secondary N) is 2. The first kappa shape index (κ1) is 19.2. The number of halogens is 2. The number of hydrogen-bond acceptors (Lipinski definition) is 4. The predicted octanol–water partition coefficient (Wildman–Crippen LogP) is 1.96. The first-order valence-electron chi connectivity index (χ1n) is 8.28. The first-order chi connectivity index (χ1) is 12.8. The number of nitrogens with zero attached hydrogens (tertiary/aromatic N) is 1. The van der Waals surface area contributed by atoms with Crippen LogP contribution in [0.5, 0.6) is 0 Å². The quantitative estimate of drug-likeness (QED) is 0.811. The number of carbonyl (C=O) groups excluding carboxylic acids is 1. The predicted molar refractivity (Wildman–Crippen MR) is 96.6 cm³/mol. The number of amides is 1. The summed E-state index contributed by atoms with van der Waals surface area (Å²) in [6.07, 6.45) is 0.178. The molecule has 2 N–H and O–H groups in total. The molecule has 1 aliphatic rings. The van der Waals surface area contributed by atoms with Gasteiger partial charge in [0, 0.05) is 25.8 Å². The Morgan fingerprint density at radius 3 is 2.41 bits per heavy atom. The van der Waals surface area contributed by atoms with Crippen molar-refractivity contribution in [3.05, 3.63) is 60.2 Å². The van der Waals surface area contributed by atoms with Crippen molar-refractivity contribution in [3.63, 3.8) is 0 Å². The van der Waals surface area contributed by atoms with Gasteiger partial charge in [0.15, 0.2) is 0 Å². The van der Waals surface area contributed by atoms with E-state index in [0.717, 1.165) is 16.4 Å². The SMILES string of the molecule is CNC(=O)C1(Nc2cccc(F)c2)CCN(S(=O)(=O)c2cccc(F)c2)C1. The summed E-state index contributed by atoms with van der Waals surface area (Å²) in [6, 6.07) is 10.3. The maximum atomic E-state index is 13.5. The van der Waals surface area contributed by atoms with Crippen LogP contribution in [0.2, 0.25) is 0 Å². The van der Waals surface area contributed by atoms with Gasteiger partial charge >= 0.3 is 0 Å². The average molecular weight is 395 g/mol. The molecule has 2 aromatic rings. The van der Waals surface area contributed by atoms with Gasteiger partial charge in [0.1, 0.15) is 17.2 Å². The van der Waals surface area contributed by atoms with E-state index in [1.165, 1.54) is 37.4 Å². The van der Waals surface area contributed by atoms with Gasteiger partial charge in [-0.1, -0.05) is 12.1 Å². The molecule has 1 amide bonds. The van der Waals surface area contributed by atoms with Crippen molar-refractivity contribution < 1.29 is 22.0 Å². The lowest BCUT2D eigenvalue weighted by Gasteiger charge is -2.30. The Kier molecular flexibility index (Phi) is 5.16. The van der Waals surface area contributed by atoms with Crippen LogP contribution in [0.3, 0.4) is 0 Å². The summed E-state index contributed by atoms with van der Waals surface area (Å²) in [5, 5.41) is 5.51. The molecule has 1 unspecified atom stereocenters. The van der Waals surface area contributed by atoms with Gasteiger partial charge in [-0.15, -0.1) is 0 Å². The van der Waals surface area contributed by atoms with E-state index in [1.807, 2.05) is 0 Å². The van der Waals surface area contributed by atoms with Gasteiger partial charge < -0.3 is 10.6 Å². The fourth-order valence-corrected chi connectivity index (χ4v) is 4.71.